The van der Waals surface area contributed by atoms with Crippen LogP contribution in [0.3, 0.4) is 0 Å². The van der Waals surface area contributed by atoms with Gasteiger partial charge in [0.25, 0.3) is 0 Å². The molecule has 2 fully saturated rings. The van der Waals surface area contributed by atoms with Gasteiger partial charge in [-0.15, -0.1) is 0 Å². The van der Waals surface area contributed by atoms with Crippen LogP contribution in [0.2, 0.25) is 0 Å². The van der Waals surface area contributed by atoms with Gasteiger partial charge >= 0.3 is 36.2 Å². The Morgan fingerprint density at radius 3 is 1.85 bits per heavy atom. The Balaban J connectivity index is 2.68. The Morgan fingerprint density at radius 2 is 1.47 bits per heavy atom. The summed E-state index contributed by atoms with van der Waals surface area (Å²) < 4.78 is 161. The van der Waals surface area contributed by atoms with Crippen LogP contribution in [0.15, 0.2) is 0 Å². The van der Waals surface area contributed by atoms with E-state index in [-0.39, 0.29) is 19.8 Å². The Labute approximate surface area is 186 Å². The minimum Gasteiger partial charge on any atom is -0.455 e. The lowest BCUT2D eigenvalue weighted by Gasteiger charge is -2.55. The molecule has 1 aliphatic heterocycles. The van der Waals surface area contributed by atoms with Crippen LogP contribution in [-0.4, -0.2) is 53.0 Å². The highest BCUT2D eigenvalue weighted by Crippen LogP contribution is 2.60. The van der Waals surface area contributed by atoms with Gasteiger partial charge < -0.3 is 14.6 Å². The van der Waals surface area contributed by atoms with Crippen molar-refractivity contribution in [3.63, 3.8) is 0 Å². The fourth-order valence-corrected chi connectivity index (χ4v) is 4.30. The second kappa shape index (κ2) is 8.63. The molecule has 2 rings (SSSR count). The van der Waals surface area contributed by atoms with Gasteiger partial charge in [-0.3, -0.25) is 4.79 Å². The van der Waals surface area contributed by atoms with Crippen LogP contribution in [0.4, 0.5) is 48.3 Å². The number of aliphatic hydroxyl groups is 1. The van der Waals surface area contributed by atoms with Crippen molar-refractivity contribution in [2.24, 2.45) is 11.3 Å². The van der Waals surface area contributed by atoms with Gasteiger partial charge in [0.05, 0.1) is 0 Å². The van der Waals surface area contributed by atoms with E-state index in [9.17, 15) is 58.2 Å². The predicted octanol–water partition coefficient (Wildman–Crippen LogP) is 6.06. The van der Waals surface area contributed by atoms with Gasteiger partial charge in [-0.25, -0.2) is 0 Å². The third-order valence-electron chi connectivity index (χ3n) is 6.84. The van der Waals surface area contributed by atoms with E-state index in [1.54, 1.807) is 0 Å². The highest BCUT2D eigenvalue weighted by Gasteiger charge is 2.83. The molecule has 4 atom stereocenters. The molecule has 0 aromatic rings. The molecule has 1 aliphatic carbocycles. The lowest BCUT2D eigenvalue weighted by atomic mass is 9.70. The molecule has 0 aromatic heterocycles. The van der Waals surface area contributed by atoms with Crippen molar-refractivity contribution in [1.82, 2.24) is 0 Å². The molecule has 34 heavy (non-hydrogen) atoms. The first kappa shape index (κ1) is 28.9. The average Bonchev–Trinajstić information content (AvgIpc) is 2.68. The van der Waals surface area contributed by atoms with E-state index in [1.807, 2.05) is 0 Å². The molecule has 2 aliphatic rings. The number of carbonyl (C=O) groups is 1. The van der Waals surface area contributed by atoms with Crippen LogP contribution in [0.5, 0.6) is 0 Å². The number of rotatable bonds is 4. The molecular formula is C19H23F11O4. The maximum Gasteiger partial charge on any atom is 0.449 e. The summed E-state index contributed by atoms with van der Waals surface area (Å²) in [5, 5.41) is 9.86. The normalized spacial score (nSPS) is 33.3. The number of esters is 1. The molecule has 15 heteroatoms. The van der Waals surface area contributed by atoms with Crippen molar-refractivity contribution >= 4 is 5.97 Å². The van der Waals surface area contributed by atoms with Crippen LogP contribution < -0.4 is 0 Å². The Bertz CT molecular complexity index is 757. The van der Waals surface area contributed by atoms with Crippen molar-refractivity contribution in [3.8, 4) is 0 Å². The van der Waals surface area contributed by atoms with E-state index < -0.39 is 84.9 Å². The summed E-state index contributed by atoms with van der Waals surface area (Å²) in [6, 6.07) is 0. The van der Waals surface area contributed by atoms with E-state index in [1.165, 1.54) is 0 Å². The van der Waals surface area contributed by atoms with E-state index in [0.717, 1.165) is 6.92 Å². The Hall–Kier alpha value is -1.38. The number of ether oxygens (including phenoxy) is 2. The van der Waals surface area contributed by atoms with Gasteiger partial charge in [-0.2, -0.15) is 48.3 Å². The molecular weight excluding hydrogens is 501 g/mol. The lowest BCUT2D eigenvalue weighted by Crippen LogP contribution is -2.76. The topological polar surface area (TPSA) is 55.8 Å². The quantitative estimate of drug-likeness (QED) is 0.359. The predicted molar refractivity (Wildman–Crippen MR) is 91.3 cm³/mol. The van der Waals surface area contributed by atoms with E-state index in [0.29, 0.717) is 6.42 Å². The fraction of sp³-hybridized carbons (Fsp3) is 0.947. The summed E-state index contributed by atoms with van der Waals surface area (Å²) in [7, 11) is 0. The number of hydrogen-bond acceptors (Lipinski definition) is 4. The minimum absolute atomic E-state index is 0.0686. The smallest absolute Gasteiger partial charge is 0.449 e. The minimum atomic E-state index is -6.54. The van der Waals surface area contributed by atoms with Crippen LogP contribution >= 0.6 is 0 Å². The van der Waals surface area contributed by atoms with Gasteiger partial charge in [0.2, 0.25) is 0 Å². The average molecular weight is 524 g/mol. The lowest BCUT2D eigenvalue weighted by molar-refractivity contribution is -0.511. The molecule has 4 nitrogen and oxygen atoms in total. The summed E-state index contributed by atoms with van der Waals surface area (Å²) in [6.07, 6.45) is -25.0. The summed E-state index contributed by atoms with van der Waals surface area (Å²) in [5.74, 6) is -15.9. The van der Waals surface area contributed by atoms with Gasteiger partial charge in [0.15, 0.2) is 17.1 Å². The van der Waals surface area contributed by atoms with Gasteiger partial charge in [0.1, 0.15) is 0 Å². The van der Waals surface area contributed by atoms with Crippen molar-refractivity contribution < 1.29 is 67.7 Å². The van der Waals surface area contributed by atoms with E-state index >= 15 is 0 Å². The Morgan fingerprint density at radius 1 is 0.971 bits per heavy atom. The third-order valence-corrected chi connectivity index (χ3v) is 6.84. The van der Waals surface area contributed by atoms with Crippen molar-refractivity contribution in [1.29, 1.82) is 0 Å². The van der Waals surface area contributed by atoms with E-state index in [4.69, 9.17) is 0 Å². The van der Waals surface area contributed by atoms with Crippen LogP contribution in [0.25, 0.3) is 0 Å². The Kier molecular flexibility index (Phi) is 7.32. The fourth-order valence-electron chi connectivity index (χ4n) is 4.30. The summed E-state index contributed by atoms with van der Waals surface area (Å²) in [5.41, 5.74) is -7.57. The van der Waals surface area contributed by atoms with Crippen molar-refractivity contribution in [2.45, 2.75) is 101 Å². The molecule has 1 N–H and O–H groups in total. The summed E-state index contributed by atoms with van der Waals surface area (Å²) >= 11 is 0. The zero-order valence-corrected chi connectivity index (χ0v) is 17.9. The zero-order chi connectivity index (χ0) is 26.6. The summed E-state index contributed by atoms with van der Waals surface area (Å²) in [4.78, 5) is 12.2. The SMILES string of the molecule is CCC(C)(C(=O)OC1CC(C2CCCCC2)(C(F)(F)F)OC(O)(C(F)(F)F)C1(F)F)C(F)(F)F. The first-order chi connectivity index (χ1) is 15.1. The highest BCUT2D eigenvalue weighted by molar-refractivity contribution is 5.77. The second-order valence-corrected chi connectivity index (χ2v) is 8.87. The molecule has 4 unspecified atom stereocenters. The standard InChI is InChI=1S/C19H23F11O4/c1-3-13(2,17(22,23)24)12(31)33-11-9-14(18(25,26)27,10-7-5-4-6-8-10)34-16(32,15(11,20)21)19(28,29)30/h10-11,32H,3-9H2,1-2H3. The first-order valence-corrected chi connectivity index (χ1v) is 10.3. The largest absolute Gasteiger partial charge is 0.455 e. The molecule has 0 aromatic carbocycles. The summed E-state index contributed by atoms with van der Waals surface area (Å²) in [6.45, 7) is 1.01. The number of alkyl halides is 11. The first-order valence-electron chi connectivity index (χ1n) is 10.3. The third kappa shape index (κ3) is 4.35. The maximum atomic E-state index is 14.8. The van der Waals surface area contributed by atoms with E-state index in [2.05, 4.69) is 9.47 Å². The molecule has 0 bridgehead atoms. The van der Waals surface area contributed by atoms with Gasteiger partial charge in [0, 0.05) is 6.42 Å². The molecule has 0 spiro atoms. The monoisotopic (exact) mass is 524 g/mol. The van der Waals surface area contributed by atoms with Crippen molar-refractivity contribution in [3.05, 3.63) is 0 Å². The molecule has 200 valence electrons. The van der Waals surface area contributed by atoms with Crippen LogP contribution in [-0.2, 0) is 14.3 Å². The molecule has 0 radical (unpaired) electrons. The maximum absolute atomic E-state index is 14.8. The van der Waals surface area contributed by atoms with Gasteiger partial charge in [-0.05, 0) is 32.1 Å². The highest BCUT2D eigenvalue weighted by atomic mass is 19.4. The van der Waals surface area contributed by atoms with Crippen molar-refractivity contribution in [2.75, 3.05) is 0 Å². The number of hydrogen-bond donors (Lipinski definition) is 1. The van der Waals surface area contributed by atoms with Gasteiger partial charge in [-0.1, -0.05) is 26.2 Å². The zero-order valence-electron chi connectivity index (χ0n) is 17.9. The molecule has 0 amide bonds. The molecule has 1 heterocycles. The van der Waals surface area contributed by atoms with Crippen LogP contribution in [0, 0.1) is 11.3 Å². The number of halogens is 11. The molecule has 1 saturated heterocycles. The second-order valence-electron chi connectivity index (χ2n) is 8.87. The molecule has 1 saturated carbocycles. The number of carbonyl (C=O) groups excluding carboxylic acids is 1. The van der Waals surface area contributed by atoms with Crippen LogP contribution in [0.1, 0.15) is 58.8 Å².